The zero-order valence-electron chi connectivity index (χ0n) is 8.23. The number of Topliss-reactive ketones (excluding diaryl/α,β-unsaturated/α-hetero) is 1. The number of fused-ring (bicyclic) bond motifs is 1. The van der Waals surface area contributed by atoms with Crippen LogP contribution in [0.5, 0.6) is 0 Å². The predicted octanol–water partition coefficient (Wildman–Crippen LogP) is 1.58. The number of imidazole rings is 1. The van der Waals surface area contributed by atoms with Crippen molar-refractivity contribution in [3.8, 4) is 0 Å². The molecule has 0 aliphatic carbocycles. The number of rotatable bonds is 3. The Labute approximate surface area is 86.3 Å². The lowest BCUT2D eigenvalue weighted by atomic mass is 10.1. The van der Waals surface area contributed by atoms with Crippen molar-refractivity contribution in [1.82, 2.24) is 9.97 Å². The smallest absolute Gasteiger partial charge is 0.207 e. The van der Waals surface area contributed by atoms with Gasteiger partial charge in [-0.3, -0.25) is 4.79 Å². The third-order valence-corrected chi connectivity index (χ3v) is 2.24. The second kappa shape index (κ2) is 3.65. The zero-order valence-corrected chi connectivity index (χ0v) is 8.23. The summed E-state index contributed by atoms with van der Waals surface area (Å²) in [5.41, 5.74) is 1.54. The highest BCUT2D eigenvalue weighted by molar-refractivity contribution is 6.04. The van der Waals surface area contributed by atoms with E-state index < -0.39 is 5.92 Å². The second-order valence-electron chi connectivity index (χ2n) is 3.39. The van der Waals surface area contributed by atoms with Gasteiger partial charge in [-0.1, -0.05) is 12.1 Å². The Hall–Kier alpha value is -1.97. The first-order chi connectivity index (χ1) is 7.22. The molecule has 1 heterocycles. The second-order valence-corrected chi connectivity index (χ2v) is 3.39. The number of ketones is 1. The molecular formula is C11H10N2O2. The molecule has 0 aliphatic heterocycles. The van der Waals surface area contributed by atoms with Crippen LogP contribution in [-0.2, 0) is 4.79 Å². The topological polar surface area (TPSA) is 62.8 Å². The number of nitrogens with one attached hydrogen (secondary N) is 1. The van der Waals surface area contributed by atoms with Crippen LogP contribution in [0.15, 0.2) is 24.3 Å². The Morgan fingerprint density at radius 3 is 2.87 bits per heavy atom. The van der Waals surface area contributed by atoms with Crippen LogP contribution in [0, 0.1) is 5.92 Å². The van der Waals surface area contributed by atoms with Crippen molar-refractivity contribution in [1.29, 1.82) is 0 Å². The van der Waals surface area contributed by atoms with E-state index in [-0.39, 0.29) is 11.6 Å². The summed E-state index contributed by atoms with van der Waals surface area (Å²) in [7, 11) is 0. The Kier molecular flexibility index (Phi) is 2.33. The number of nitrogens with zero attached hydrogens (tertiary/aromatic N) is 1. The quantitative estimate of drug-likeness (QED) is 0.467. The number of hydrogen-bond donors (Lipinski definition) is 1. The molecule has 0 saturated heterocycles. The molecule has 76 valence electrons. The number of para-hydroxylation sites is 2. The van der Waals surface area contributed by atoms with E-state index in [1.807, 2.05) is 24.3 Å². The number of aromatic amines is 1. The van der Waals surface area contributed by atoms with Crippen molar-refractivity contribution in [2.24, 2.45) is 5.92 Å². The normalized spacial score (nSPS) is 12.6. The summed E-state index contributed by atoms with van der Waals surface area (Å²) in [6.45, 7) is 1.56. The fraction of sp³-hybridized carbons (Fsp3) is 0.182. The van der Waals surface area contributed by atoms with E-state index in [2.05, 4.69) is 9.97 Å². The summed E-state index contributed by atoms with van der Waals surface area (Å²) >= 11 is 0. The van der Waals surface area contributed by atoms with Gasteiger partial charge >= 0.3 is 0 Å². The number of aromatic nitrogens is 2. The van der Waals surface area contributed by atoms with E-state index in [9.17, 15) is 9.59 Å². The van der Waals surface area contributed by atoms with Crippen LogP contribution in [0.1, 0.15) is 17.5 Å². The number of carbonyl (C=O) groups excluding carboxylic acids is 2. The summed E-state index contributed by atoms with van der Waals surface area (Å²) in [4.78, 5) is 29.1. The molecular weight excluding hydrogens is 192 g/mol. The fourth-order valence-corrected chi connectivity index (χ4v) is 1.35. The van der Waals surface area contributed by atoms with Crippen LogP contribution in [0.3, 0.4) is 0 Å². The molecule has 1 aromatic carbocycles. The summed E-state index contributed by atoms with van der Waals surface area (Å²) in [6.07, 6.45) is 0.621. The third kappa shape index (κ3) is 1.66. The van der Waals surface area contributed by atoms with E-state index in [0.29, 0.717) is 6.29 Å². The molecule has 0 bridgehead atoms. The van der Waals surface area contributed by atoms with Gasteiger partial charge in [0.05, 0.1) is 17.0 Å². The molecule has 1 N–H and O–H groups in total. The number of carbonyl (C=O) groups is 2. The molecule has 1 unspecified atom stereocenters. The summed E-state index contributed by atoms with van der Waals surface area (Å²) < 4.78 is 0. The highest BCUT2D eigenvalue weighted by Gasteiger charge is 2.17. The van der Waals surface area contributed by atoms with E-state index in [1.165, 1.54) is 0 Å². The molecule has 1 aromatic heterocycles. The SMILES string of the molecule is CC(C=O)C(=O)c1nc2ccccc2[nH]1. The molecule has 0 amide bonds. The van der Waals surface area contributed by atoms with Gasteiger partial charge in [0.2, 0.25) is 5.78 Å². The third-order valence-electron chi connectivity index (χ3n) is 2.24. The summed E-state index contributed by atoms with van der Waals surface area (Å²) in [5, 5.41) is 0. The molecule has 0 saturated carbocycles. The average Bonchev–Trinajstić information content (AvgIpc) is 2.70. The first-order valence-corrected chi connectivity index (χ1v) is 4.66. The lowest BCUT2D eigenvalue weighted by molar-refractivity contribution is -0.109. The maximum absolute atomic E-state index is 11.6. The predicted molar refractivity (Wildman–Crippen MR) is 55.7 cm³/mol. The van der Waals surface area contributed by atoms with Crippen LogP contribution in [0.25, 0.3) is 11.0 Å². The zero-order chi connectivity index (χ0) is 10.8. The largest absolute Gasteiger partial charge is 0.335 e. The van der Waals surface area contributed by atoms with Crippen LogP contribution < -0.4 is 0 Å². The molecule has 15 heavy (non-hydrogen) atoms. The lowest BCUT2D eigenvalue weighted by Crippen LogP contribution is -2.13. The van der Waals surface area contributed by atoms with Crippen molar-refractivity contribution < 1.29 is 9.59 Å². The maximum Gasteiger partial charge on any atom is 0.207 e. The van der Waals surface area contributed by atoms with E-state index >= 15 is 0 Å². The number of hydrogen-bond acceptors (Lipinski definition) is 3. The van der Waals surface area contributed by atoms with E-state index in [4.69, 9.17) is 0 Å². The minimum atomic E-state index is -0.648. The van der Waals surface area contributed by atoms with Gasteiger partial charge in [0.25, 0.3) is 0 Å². The molecule has 0 aliphatic rings. The van der Waals surface area contributed by atoms with Gasteiger partial charge in [0, 0.05) is 0 Å². The van der Waals surface area contributed by atoms with Crippen LogP contribution in [-0.4, -0.2) is 22.0 Å². The Morgan fingerprint density at radius 2 is 2.20 bits per heavy atom. The number of benzene rings is 1. The molecule has 2 aromatic rings. The molecule has 4 heteroatoms. The van der Waals surface area contributed by atoms with Crippen molar-refractivity contribution in [3.63, 3.8) is 0 Å². The molecule has 0 fully saturated rings. The first kappa shape index (κ1) is 9.58. The van der Waals surface area contributed by atoms with Crippen molar-refractivity contribution >= 4 is 23.1 Å². The molecule has 2 rings (SSSR count). The molecule has 1 atom stereocenters. The molecule has 0 spiro atoms. The number of aldehydes is 1. The summed E-state index contributed by atoms with van der Waals surface area (Å²) in [6, 6.07) is 7.36. The van der Waals surface area contributed by atoms with E-state index in [1.54, 1.807) is 6.92 Å². The highest BCUT2D eigenvalue weighted by Crippen LogP contribution is 2.12. The van der Waals surface area contributed by atoms with Crippen LogP contribution in [0.4, 0.5) is 0 Å². The lowest BCUT2D eigenvalue weighted by Gasteiger charge is -1.96. The van der Waals surface area contributed by atoms with Gasteiger partial charge in [-0.05, 0) is 19.1 Å². The highest BCUT2D eigenvalue weighted by atomic mass is 16.1. The maximum atomic E-state index is 11.6. The van der Waals surface area contributed by atoms with Crippen LogP contribution in [0.2, 0.25) is 0 Å². The standard InChI is InChI=1S/C11H10N2O2/c1-7(6-14)10(15)11-12-8-4-2-3-5-9(8)13-11/h2-7H,1H3,(H,12,13). The summed E-state index contributed by atoms with van der Waals surface area (Å²) in [5.74, 6) is -0.678. The van der Waals surface area contributed by atoms with Crippen LogP contribution >= 0.6 is 0 Å². The van der Waals surface area contributed by atoms with Gasteiger partial charge in [0.1, 0.15) is 6.29 Å². The van der Waals surface area contributed by atoms with Gasteiger partial charge in [-0.25, -0.2) is 4.98 Å². The monoisotopic (exact) mass is 202 g/mol. The average molecular weight is 202 g/mol. The van der Waals surface area contributed by atoms with Gasteiger partial charge < -0.3 is 9.78 Å². The van der Waals surface area contributed by atoms with Gasteiger partial charge in [-0.15, -0.1) is 0 Å². The van der Waals surface area contributed by atoms with Gasteiger partial charge in [0.15, 0.2) is 5.82 Å². The molecule has 4 nitrogen and oxygen atoms in total. The fourth-order valence-electron chi connectivity index (χ4n) is 1.35. The van der Waals surface area contributed by atoms with Crippen molar-refractivity contribution in [3.05, 3.63) is 30.1 Å². The number of H-pyrrole nitrogens is 1. The van der Waals surface area contributed by atoms with E-state index in [0.717, 1.165) is 11.0 Å². The minimum Gasteiger partial charge on any atom is -0.335 e. The van der Waals surface area contributed by atoms with Crippen molar-refractivity contribution in [2.45, 2.75) is 6.92 Å². The first-order valence-electron chi connectivity index (χ1n) is 4.66. The Balaban J connectivity index is 2.45. The Bertz CT molecular complexity index is 483. The van der Waals surface area contributed by atoms with Crippen molar-refractivity contribution in [2.75, 3.05) is 0 Å². The van der Waals surface area contributed by atoms with Gasteiger partial charge in [-0.2, -0.15) is 0 Å². The minimum absolute atomic E-state index is 0.246. The molecule has 0 radical (unpaired) electrons. The Morgan fingerprint density at radius 1 is 1.47 bits per heavy atom.